The summed E-state index contributed by atoms with van der Waals surface area (Å²) in [5.41, 5.74) is 1.77. The molecule has 1 heterocycles. The molecule has 0 spiro atoms. The Morgan fingerprint density at radius 1 is 1.28 bits per heavy atom. The smallest absolute Gasteiger partial charge is 0.133 e. The van der Waals surface area contributed by atoms with E-state index in [0.717, 1.165) is 23.3 Å². The van der Waals surface area contributed by atoms with Gasteiger partial charge in [0.15, 0.2) is 0 Å². The van der Waals surface area contributed by atoms with E-state index in [1.54, 1.807) is 12.1 Å². The van der Waals surface area contributed by atoms with Crippen molar-refractivity contribution >= 4 is 0 Å². The lowest BCUT2D eigenvalue weighted by Gasteiger charge is -2.10. The number of rotatable bonds is 4. The second-order valence-electron chi connectivity index (χ2n) is 4.45. The zero-order valence-electron chi connectivity index (χ0n) is 10.6. The van der Waals surface area contributed by atoms with Gasteiger partial charge < -0.3 is 9.52 Å². The number of furan rings is 1. The lowest BCUT2D eigenvalue weighted by molar-refractivity contribution is 0.148. The highest BCUT2D eigenvalue weighted by Crippen LogP contribution is 2.23. The quantitative estimate of drug-likeness (QED) is 0.897. The molecule has 96 valence electrons. The number of aliphatic hydroxyl groups is 1. The highest BCUT2D eigenvalue weighted by Gasteiger charge is 2.14. The number of aliphatic hydroxyl groups excluding tert-OH is 1. The summed E-state index contributed by atoms with van der Waals surface area (Å²) in [5, 5.41) is 10.1. The summed E-state index contributed by atoms with van der Waals surface area (Å²) in [6.45, 7) is 3.90. The van der Waals surface area contributed by atoms with Gasteiger partial charge in [0.05, 0.1) is 0 Å². The molecule has 0 saturated carbocycles. The Balaban J connectivity index is 2.15. The van der Waals surface area contributed by atoms with Gasteiger partial charge in [0.25, 0.3) is 0 Å². The summed E-state index contributed by atoms with van der Waals surface area (Å²) in [4.78, 5) is 0. The molecule has 0 fully saturated rings. The lowest BCUT2D eigenvalue weighted by atomic mass is 10.0. The van der Waals surface area contributed by atoms with E-state index in [0.29, 0.717) is 12.2 Å². The maximum atomic E-state index is 13.2. The van der Waals surface area contributed by atoms with Crippen molar-refractivity contribution in [1.29, 1.82) is 0 Å². The molecule has 1 aromatic carbocycles. The first-order valence-corrected chi connectivity index (χ1v) is 6.12. The second-order valence-corrected chi connectivity index (χ2v) is 4.45. The van der Waals surface area contributed by atoms with Crippen molar-refractivity contribution in [3.05, 3.63) is 58.8 Å². The van der Waals surface area contributed by atoms with Crippen molar-refractivity contribution in [2.45, 2.75) is 32.8 Å². The molecule has 0 amide bonds. The first kappa shape index (κ1) is 12.8. The Kier molecular flexibility index (Phi) is 3.82. The van der Waals surface area contributed by atoms with Crippen molar-refractivity contribution < 1.29 is 13.9 Å². The van der Waals surface area contributed by atoms with Gasteiger partial charge in [-0.25, -0.2) is 4.39 Å². The predicted molar refractivity (Wildman–Crippen MR) is 67.9 cm³/mol. The highest BCUT2D eigenvalue weighted by atomic mass is 19.1. The molecular formula is C15H17FO2. The summed E-state index contributed by atoms with van der Waals surface area (Å²) in [7, 11) is 0. The third-order valence-electron chi connectivity index (χ3n) is 3.08. The monoisotopic (exact) mass is 248 g/mol. The molecule has 0 aliphatic rings. The van der Waals surface area contributed by atoms with Gasteiger partial charge in [-0.3, -0.25) is 0 Å². The third-order valence-corrected chi connectivity index (χ3v) is 3.08. The molecule has 3 heteroatoms. The molecule has 1 unspecified atom stereocenters. The van der Waals surface area contributed by atoms with Crippen molar-refractivity contribution in [2.75, 3.05) is 0 Å². The number of halogens is 1. The second kappa shape index (κ2) is 5.36. The van der Waals surface area contributed by atoms with Gasteiger partial charge in [-0.2, -0.15) is 0 Å². The SMILES string of the molecule is CCc1ccc(C(O)Cc2cc(F)ccc2C)o1. The van der Waals surface area contributed by atoms with Crippen LogP contribution >= 0.6 is 0 Å². The zero-order chi connectivity index (χ0) is 13.1. The lowest BCUT2D eigenvalue weighted by Crippen LogP contribution is -2.02. The Morgan fingerprint density at radius 3 is 2.72 bits per heavy atom. The van der Waals surface area contributed by atoms with Crippen LogP contribution in [0.2, 0.25) is 0 Å². The molecule has 0 radical (unpaired) electrons. The van der Waals surface area contributed by atoms with E-state index in [2.05, 4.69) is 0 Å². The van der Waals surface area contributed by atoms with Gasteiger partial charge in [-0.1, -0.05) is 13.0 Å². The van der Waals surface area contributed by atoms with E-state index in [9.17, 15) is 9.50 Å². The molecule has 2 nitrogen and oxygen atoms in total. The van der Waals surface area contributed by atoms with Crippen LogP contribution in [-0.4, -0.2) is 5.11 Å². The standard InChI is InChI=1S/C15H17FO2/c1-3-13-6-7-15(18-13)14(17)9-11-8-12(16)5-4-10(11)2/h4-8,14,17H,3,9H2,1-2H3. The Labute approximate surface area is 106 Å². The summed E-state index contributed by atoms with van der Waals surface area (Å²) < 4.78 is 18.6. The van der Waals surface area contributed by atoms with Crippen LogP contribution in [0.15, 0.2) is 34.7 Å². The predicted octanol–water partition coefficient (Wildman–Crippen LogP) is 3.57. The van der Waals surface area contributed by atoms with Gasteiger partial charge in [0, 0.05) is 12.8 Å². The van der Waals surface area contributed by atoms with Crippen LogP contribution in [0.3, 0.4) is 0 Å². The van der Waals surface area contributed by atoms with E-state index in [1.165, 1.54) is 12.1 Å². The number of aryl methyl sites for hydroxylation is 2. The van der Waals surface area contributed by atoms with Crippen molar-refractivity contribution in [3.63, 3.8) is 0 Å². The molecule has 2 aromatic rings. The maximum Gasteiger partial charge on any atom is 0.133 e. The zero-order valence-corrected chi connectivity index (χ0v) is 10.6. The molecule has 18 heavy (non-hydrogen) atoms. The highest BCUT2D eigenvalue weighted by molar-refractivity contribution is 5.28. The van der Waals surface area contributed by atoms with Crippen molar-refractivity contribution in [3.8, 4) is 0 Å². The molecule has 1 atom stereocenters. The van der Waals surface area contributed by atoms with Gasteiger partial charge >= 0.3 is 0 Å². The number of hydrogen-bond acceptors (Lipinski definition) is 2. The summed E-state index contributed by atoms with van der Waals surface area (Å²) in [6, 6.07) is 8.24. The molecule has 1 N–H and O–H groups in total. The Hall–Kier alpha value is -1.61. The number of hydrogen-bond donors (Lipinski definition) is 1. The van der Waals surface area contributed by atoms with E-state index in [4.69, 9.17) is 4.42 Å². The first-order chi connectivity index (χ1) is 8.60. The third kappa shape index (κ3) is 2.79. The average Bonchev–Trinajstić information content (AvgIpc) is 2.82. The molecule has 2 rings (SSSR count). The largest absolute Gasteiger partial charge is 0.463 e. The van der Waals surface area contributed by atoms with E-state index in [1.807, 2.05) is 19.9 Å². The minimum Gasteiger partial charge on any atom is -0.463 e. The van der Waals surface area contributed by atoms with E-state index in [-0.39, 0.29) is 5.82 Å². The molecule has 0 bridgehead atoms. The minimum atomic E-state index is -0.731. The van der Waals surface area contributed by atoms with Crippen LogP contribution in [0.1, 0.15) is 35.7 Å². The van der Waals surface area contributed by atoms with Gasteiger partial charge in [-0.15, -0.1) is 0 Å². The van der Waals surface area contributed by atoms with Crippen molar-refractivity contribution in [2.24, 2.45) is 0 Å². The van der Waals surface area contributed by atoms with Crippen LogP contribution in [0.25, 0.3) is 0 Å². The fourth-order valence-electron chi connectivity index (χ4n) is 1.93. The fourth-order valence-corrected chi connectivity index (χ4v) is 1.93. The average molecular weight is 248 g/mol. The molecule has 0 aliphatic carbocycles. The molecule has 0 saturated heterocycles. The summed E-state index contributed by atoms with van der Waals surface area (Å²) >= 11 is 0. The molecule has 0 aliphatic heterocycles. The normalized spacial score (nSPS) is 12.7. The van der Waals surface area contributed by atoms with Crippen LogP contribution in [0.5, 0.6) is 0 Å². The van der Waals surface area contributed by atoms with E-state index < -0.39 is 6.10 Å². The fraction of sp³-hybridized carbons (Fsp3) is 0.333. The van der Waals surface area contributed by atoms with E-state index >= 15 is 0 Å². The van der Waals surface area contributed by atoms with Crippen LogP contribution in [0, 0.1) is 12.7 Å². The minimum absolute atomic E-state index is 0.281. The first-order valence-electron chi connectivity index (χ1n) is 6.12. The van der Waals surface area contributed by atoms with Gasteiger partial charge in [0.2, 0.25) is 0 Å². The topological polar surface area (TPSA) is 33.4 Å². The van der Waals surface area contributed by atoms with Gasteiger partial charge in [-0.05, 0) is 42.3 Å². The summed E-state index contributed by atoms with van der Waals surface area (Å²) in [5.74, 6) is 1.10. The Morgan fingerprint density at radius 2 is 2.06 bits per heavy atom. The maximum absolute atomic E-state index is 13.2. The van der Waals surface area contributed by atoms with Crippen molar-refractivity contribution in [1.82, 2.24) is 0 Å². The van der Waals surface area contributed by atoms with Gasteiger partial charge in [0.1, 0.15) is 23.4 Å². The van der Waals surface area contributed by atoms with Crippen LogP contribution in [0.4, 0.5) is 4.39 Å². The molecule has 1 aromatic heterocycles. The Bertz CT molecular complexity index is 531. The number of benzene rings is 1. The summed E-state index contributed by atoms with van der Waals surface area (Å²) in [6.07, 6.45) is 0.428. The van der Waals surface area contributed by atoms with Crippen LogP contribution in [-0.2, 0) is 12.8 Å². The molecular weight excluding hydrogens is 231 g/mol. The van der Waals surface area contributed by atoms with Crippen LogP contribution < -0.4 is 0 Å².